The zero-order chi connectivity index (χ0) is 29.3. The number of amides is 1. The first-order valence-electron chi connectivity index (χ1n) is 10.5. The van der Waals surface area contributed by atoms with Crippen LogP contribution in [0, 0.1) is 11.3 Å². The molecule has 3 N–H and O–H groups in total. The van der Waals surface area contributed by atoms with E-state index in [2.05, 4.69) is 15.4 Å². The first-order chi connectivity index (χ1) is 18.0. The SMILES string of the molecule is Cn1nc(OC(Cl)(Cl)C(Cl)=C(Cl)Cl)c(C(F)(F)F)c1N=CC(=CN)c1ccc(Cl)c(C(=O)NC2(C#N)CC2)c1. The van der Waals surface area contributed by atoms with E-state index in [9.17, 15) is 23.2 Å². The first kappa shape index (κ1) is 31.2. The summed E-state index contributed by atoms with van der Waals surface area (Å²) in [5.41, 5.74) is 3.74. The van der Waals surface area contributed by atoms with Crippen molar-refractivity contribution in [2.75, 3.05) is 0 Å². The lowest BCUT2D eigenvalue weighted by Crippen LogP contribution is -2.35. The zero-order valence-electron chi connectivity index (χ0n) is 19.4. The molecule has 0 unspecified atom stereocenters. The number of hydrogen-bond acceptors (Lipinski definition) is 6. The molecule has 39 heavy (non-hydrogen) atoms. The average molecular weight is 665 g/mol. The number of benzene rings is 1. The van der Waals surface area contributed by atoms with Gasteiger partial charge in [0, 0.05) is 25.0 Å². The molecule has 0 radical (unpaired) electrons. The van der Waals surface area contributed by atoms with Crippen LogP contribution in [0.1, 0.15) is 34.3 Å². The van der Waals surface area contributed by atoms with Gasteiger partial charge in [0.2, 0.25) is 0 Å². The fraction of sp³-hybridized carbons (Fsp3) is 0.273. The number of aliphatic imine (C=N–C) groups is 1. The van der Waals surface area contributed by atoms with Gasteiger partial charge in [-0.05, 0) is 30.5 Å². The van der Waals surface area contributed by atoms with Crippen LogP contribution in [0.3, 0.4) is 0 Å². The molecular weight excluding hydrogens is 650 g/mol. The number of nitrogens with one attached hydrogen (secondary N) is 1. The summed E-state index contributed by atoms with van der Waals surface area (Å²) in [4.78, 5) is 16.6. The van der Waals surface area contributed by atoms with Gasteiger partial charge in [0.15, 0.2) is 11.4 Å². The molecule has 17 heteroatoms. The van der Waals surface area contributed by atoms with Crippen LogP contribution in [0.2, 0.25) is 5.02 Å². The summed E-state index contributed by atoms with van der Waals surface area (Å²) >= 11 is 34.7. The van der Waals surface area contributed by atoms with Crippen molar-refractivity contribution in [3.8, 4) is 11.9 Å². The highest BCUT2D eigenvalue weighted by Crippen LogP contribution is 2.46. The van der Waals surface area contributed by atoms with Crippen molar-refractivity contribution >= 4 is 93.1 Å². The smallest absolute Gasteiger partial charge is 0.425 e. The lowest BCUT2D eigenvalue weighted by molar-refractivity contribution is -0.138. The zero-order valence-corrected chi connectivity index (χ0v) is 23.9. The topological polar surface area (TPSA) is 118 Å². The van der Waals surface area contributed by atoms with Gasteiger partial charge < -0.3 is 15.8 Å². The third-order valence-corrected chi connectivity index (χ3v) is 7.36. The fourth-order valence-electron chi connectivity index (χ4n) is 3.13. The van der Waals surface area contributed by atoms with Crippen LogP contribution in [0.5, 0.6) is 5.88 Å². The molecule has 0 atom stereocenters. The molecule has 8 nitrogen and oxygen atoms in total. The Labute approximate surface area is 249 Å². The minimum atomic E-state index is -5.04. The predicted octanol–water partition coefficient (Wildman–Crippen LogP) is 6.98. The van der Waals surface area contributed by atoms with Crippen LogP contribution in [0.4, 0.5) is 19.0 Å². The van der Waals surface area contributed by atoms with Gasteiger partial charge in [-0.3, -0.25) is 4.79 Å². The molecule has 1 aliphatic rings. The normalized spacial score (nSPS) is 15.2. The maximum Gasteiger partial charge on any atom is 0.425 e. The van der Waals surface area contributed by atoms with Crippen molar-refractivity contribution in [3.63, 3.8) is 0 Å². The van der Waals surface area contributed by atoms with Gasteiger partial charge >= 0.3 is 6.18 Å². The molecule has 1 aromatic heterocycles. The average Bonchev–Trinajstić information content (AvgIpc) is 3.54. The van der Waals surface area contributed by atoms with Crippen LogP contribution in [0.25, 0.3) is 5.57 Å². The van der Waals surface area contributed by atoms with Crippen molar-refractivity contribution < 1.29 is 22.7 Å². The van der Waals surface area contributed by atoms with Gasteiger partial charge in [-0.15, -0.1) is 5.10 Å². The second-order valence-corrected chi connectivity index (χ2v) is 11.0. The van der Waals surface area contributed by atoms with Crippen LogP contribution in [0.15, 0.2) is 38.9 Å². The highest BCUT2D eigenvalue weighted by atomic mass is 35.5. The lowest BCUT2D eigenvalue weighted by Gasteiger charge is -2.20. The number of halogens is 9. The summed E-state index contributed by atoms with van der Waals surface area (Å²) in [7, 11) is 1.16. The van der Waals surface area contributed by atoms with Gasteiger partial charge in [0.05, 0.1) is 16.7 Å². The van der Waals surface area contributed by atoms with Crippen molar-refractivity contribution in [2.45, 2.75) is 29.1 Å². The molecule has 2 aromatic rings. The van der Waals surface area contributed by atoms with E-state index in [1.54, 1.807) is 0 Å². The number of aromatic nitrogens is 2. The molecule has 1 aromatic carbocycles. The van der Waals surface area contributed by atoms with Gasteiger partial charge in [-0.1, -0.05) is 75.7 Å². The van der Waals surface area contributed by atoms with E-state index in [-0.39, 0.29) is 16.2 Å². The summed E-state index contributed by atoms with van der Waals surface area (Å²) < 4.78 is 44.6. The molecule has 0 bridgehead atoms. The Bertz CT molecular complexity index is 1440. The fourth-order valence-corrected chi connectivity index (χ4v) is 4.17. The van der Waals surface area contributed by atoms with E-state index in [0.717, 1.165) is 24.1 Å². The number of alkyl halides is 5. The number of allylic oxidation sites excluding steroid dienone is 1. The molecule has 0 aliphatic heterocycles. The Kier molecular flexibility index (Phi) is 9.32. The number of carbonyl (C=O) groups is 1. The van der Waals surface area contributed by atoms with Crippen LogP contribution in [-0.2, 0) is 13.2 Å². The number of carbonyl (C=O) groups excluding carboxylic acids is 1. The number of hydrogen-bond donors (Lipinski definition) is 2. The molecule has 208 valence electrons. The lowest BCUT2D eigenvalue weighted by atomic mass is 10.0. The molecule has 0 spiro atoms. The maximum atomic E-state index is 14.0. The molecule has 3 rings (SSSR count). The van der Waals surface area contributed by atoms with Crippen LogP contribution >= 0.6 is 69.6 Å². The Morgan fingerprint density at radius 1 is 1.31 bits per heavy atom. The number of aryl methyl sites for hydroxylation is 1. The minimum Gasteiger partial charge on any atom is -0.434 e. The van der Waals surface area contributed by atoms with Gasteiger partial charge in [0.1, 0.15) is 15.1 Å². The number of nitriles is 1. The Balaban J connectivity index is 1.99. The standard InChI is InChI=1S/C22H15Cl6F3N6O2/c1-37-17(14(22(29,30)31)19(36-37)39-21(27,28)15(24)16(25)26)34-8-11(7-32)10-2-3-13(23)12(6-10)18(38)35-20(9-33)4-5-20/h2-3,6-8H,4-5,32H2,1H3,(H,35,38). The number of nitrogens with zero attached hydrogens (tertiary/aromatic N) is 4. The van der Waals surface area contributed by atoms with E-state index in [4.69, 9.17) is 80.1 Å². The monoisotopic (exact) mass is 662 g/mol. The predicted molar refractivity (Wildman–Crippen MR) is 145 cm³/mol. The van der Waals surface area contributed by atoms with Crippen molar-refractivity contribution in [2.24, 2.45) is 17.8 Å². The summed E-state index contributed by atoms with van der Waals surface area (Å²) in [5, 5.41) is 14.9. The molecule has 1 aliphatic carbocycles. The molecule has 1 heterocycles. The van der Waals surface area contributed by atoms with E-state index in [0.29, 0.717) is 18.4 Å². The Hall–Kier alpha value is -2.33. The largest absolute Gasteiger partial charge is 0.434 e. The van der Waals surface area contributed by atoms with E-state index < -0.39 is 48.9 Å². The summed E-state index contributed by atoms with van der Waals surface area (Å²) in [5.74, 6) is -2.38. The van der Waals surface area contributed by atoms with E-state index in [1.807, 2.05) is 6.07 Å². The van der Waals surface area contributed by atoms with Gasteiger partial charge in [-0.2, -0.15) is 18.4 Å². The number of rotatable bonds is 8. The minimum absolute atomic E-state index is 0.0269. The molecule has 1 fully saturated rings. The van der Waals surface area contributed by atoms with E-state index in [1.165, 1.54) is 18.2 Å². The maximum absolute atomic E-state index is 14.0. The number of nitrogens with two attached hydrogens (primary N) is 1. The third kappa shape index (κ3) is 7.06. The van der Waals surface area contributed by atoms with Crippen molar-refractivity contribution in [1.29, 1.82) is 5.26 Å². The quantitative estimate of drug-likeness (QED) is 0.233. The number of ether oxygens (including phenoxy) is 1. The summed E-state index contributed by atoms with van der Waals surface area (Å²) in [6.45, 7) is 0. The molecule has 0 saturated heterocycles. The van der Waals surface area contributed by atoms with Crippen LogP contribution in [-0.4, -0.2) is 32.0 Å². The summed E-state index contributed by atoms with van der Waals surface area (Å²) in [6.07, 6.45) is -1.97. The molecular formula is C22H15Cl6F3N6O2. The molecule has 1 saturated carbocycles. The van der Waals surface area contributed by atoms with Gasteiger partial charge in [0.25, 0.3) is 16.3 Å². The first-order valence-corrected chi connectivity index (χ1v) is 12.7. The highest BCUT2D eigenvalue weighted by molar-refractivity contribution is 6.63. The van der Waals surface area contributed by atoms with Crippen molar-refractivity contribution in [3.05, 3.63) is 55.6 Å². The second-order valence-electron chi connectivity index (χ2n) is 8.04. The Morgan fingerprint density at radius 3 is 2.46 bits per heavy atom. The van der Waals surface area contributed by atoms with E-state index >= 15 is 0 Å². The Morgan fingerprint density at radius 2 is 1.95 bits per heavy atom. The summed E-state index contributed by atoms with van der Waals surface area (Å²) in [6, 6.07) is 6.26. The van der Waals surface area contributed by atoms with Crippen LogP contribution < -0.4 is 15.8 Å². The van der Waals surface area contributed by atoms with Crippen molar-refractivity contribution in [1.82, 2.24) is 15.1 Å². The molecule has 1 amide bonds. The second kappa shape index (κ2) is 11.6. The highest BCUT2D eigenvalue weighted by Gasteiger charge is 2.46. The van der Waals surface area contributed by atoms with Gasteiger partial charge in [-0.25, -0.2) is 9.67 Å². The third-order valence-electron chi connectivity index (χ3n) is 5.28.